The Balaban J connectivity index is 1.73. The second-order valence-corrected chi connectivity index (χ2v) is 6.50. The lowest BCUT2D eigenvalue weighted by molar-refractivity contribution is 0.0597. The molecule has 116 valence electrons. The second-order valence-electron chi connectivity index (χ2n) is 4.36. The van der Waals surface area contributed by atoms with Crippen LogP contribution < -0.4 is 0 Å². The van der Waals surface area contributed by atoms with Gasteiger partial charge in [-0.05, 0) is 45.9 Å². The van der Waals surface area contributed by atoms with E-state index in [0.717, 1.165) is 10.5 Å². The van der Waals surface area contributed by atoms with Gasteiger partial charge in [0.05, 0.1) is 12.7 Å². The summed E-state index contributed by atoms with van der Waals surface area (Å²) in [6.45, 7) is 0. The zero-order valence-corrected chi connectivity index (χ0v) is 13.7. The number of nitrogens with zero attached hydrogens (tertiary/aromatic N) is 3. The number of hydrogen-bond acceptors (Lipinski definition) is 7. The maximum Gasteiger partial charge on any atom is 0.339 e. The van der Waals surface area contributed by atoms with Crippen molar-refractivity contribution in [2.45, 2.75) is 10.1 Å². The van der Waals surface area contributed by atoms with E-state index in [1.807, 2.05) is 24.3 Å². The van der Waals surface area contributed by atoms with Gasteiger partial charge in [-0.3, -0.25) is 10.1 Å². The van der Waals surface area contributed by atoms with Crippen LogP contribution in [0.1, 0.15) is 10.4 Å². The molecule has 0 spiro atoms. The van der Waals surface area contributed by atoms with E-state index in [4.69, 9.17) is 4.74 Å². The van der Waals surface area contributed by atoms with Crippen molar-refractivity contribution in [2.24, 2.45) is 0 Å². The highest BCUT2D eigenvalue weighted by Crippen LogP contribution is 2.37. The van der Waals surface area contributed by atoms with Gasteiger partial charge in [0.2, 0.25) is 5.16 Å². The van der Waals surface area contributed by atoms with Crippen molar-refractivity contribution < 1.29 is 9.53 Å². The van der Waals surface area contributed by atoms with Crippen LogP contribution in [0.5, 0.6) is 0 Å². The zero-order chi connectivity index (χ0) is 16.1. The molecule has 0 radical (unpaired) electrons. The molecule has 0 fully saturated rings. The molecule has 1 N–H and O–H groups in total. The van der Waals surface area contributed by atoms with Crippen molar-refractivity contribution in [1.29, 1.82) is 0 Å². The molecule has 0 saturated carbocycles. The fourth-order valence-corrected chi connectivity index (χ4v) is 3.73. The van der Waals surface area contributed by atoms with E-state index < -0.39 is 0 Å². The van der Waals surface area contributed by atoms with Crippen LogP contribution in [0.3, 0.4) is 0 Å². The van der Waals surface area contributed by atoms with Gasteiger partial charge >= 0.3 is 5.97 Å². The highest BCUT2D eigenvalue weighted by atomic mass is 33.1. The van der Waals surface area contributed by atoms with E-state index in [1.54, 1.807) is 24.5 Å². The summed E-state index contributed by atoms with van der Waals surface area (Å²) in [7, 11) is 4.15. The standard InChI is InChI=1S/C15H12N4O2S2/c1-21-14(20)11-4-2-3-5-12(11)22-23-15-17-13(18-19-15)10-6-8-16-9-7-10/h2-9H,1H3,(H,17,18,19). The zero-order valence-electron chi connectivity index (χ0n) is 12.1. The first-order valence-corrected chi connectivity index (χ1v) is 8.77. The number of carbonyl (C=O) groups is 1. The van der Waals surface area contributed by atoms with Crippen LogP contribution in [-0.2, 0) is 4.74 Å². The smallest absolute Gasteiger partial charge is 0.339 e. The van der Waals surface area contributed by atoms with Crippen LogP contribution in [0.4, 0.5) is 0 Å². The van der Waals surface area contributed by atoms with E-state index in [1.165, 1.54) is 28.7 Å². The molecule has 0 aliphatic heterocycles. The molecular weight excluding hydrogens is 332 g/mol. The van der Waals surface area contributed by atoms with Gasteiger partial charge in [-0.25, -0.2) is 9.78 Å². The molecule has 1 aromatic carbocycles. The number of ether oxygens (including phenoxy) is 1. The van der Waals surface area contributed by atoms with E-state index in [0.29, 0.717) is 16.5 Å². The second kappa shape index (κ2) is 7.30. The number of H-pyrrole nitrogens is 1. The number of aromatic nitrogens is 4. The summed E-state index contributed by atoms with van der Waals surface area (Å²) in [4.78, 5) is 20.9. The highest BCUT2D eigenvalue weighted by molar-refractivity contribution is 8.76. The minimum absolute atomic E-state index is 0.360. The molecule has 0 aliphatic rings. The molecule has 0 amide bonds. The normalized spacial score (nSPS) is 10.5. The fraction of sp³-hybridized carbons (Fsp3) is 0.0667. The number of hydrogen-bond donors (Lipinski definition) is 1. The summed E-state index contributed by atoms with van der Waals surface area (Å²) in [5, 5.41) is 7.65. The first-order valence-electron chi connectivity index (χ1n) is 6.62. The van der Waals surface area contributed by atoms with E-state index in [2.05, 4.69) is 20.2 Å². The van der Waals surface area contributed by atoms with Crippen molar-refractivity contribution in [3.05, 3.63) is 54.4 Å². The maximum absolute atomic E-state index is 11.7. The predicted molar refractivity (Wildman–Crippen MR) is 89.1 cm³/mol. The number of benzene rings is 1. The first-order chi connectivity index (χ1) is 11.3. The quantitative estimate of drug-likeness (QED) is 0.561. The van der Waals surface area contributed by atoms with Crippen LogP contribution in [0.15, 0.2) is 58.8 Å². The number of pyridine rings is 1. The largest absolute Gasteiger partial charge is 0.465 e. The van der Waals surface area contributed by atoms with Crippen molar-refractivity contribution in [3.8, 4) is 11.4 Å². The van der Waals surface area contributed by atoms with Gasteiger partial charge in [0.15, 0.2) is 5.82 Å². The fourth-order valence-electron chi connectivity index (χ4n) is 1.82. The van der Waals surface area contributed by atoms with Gasteiger partial charge in [-0.1, -0.05) is 12.1 Å². The van der Waals surface area contributed by atoms with Gasteiger partial charge < -0.3 is 4.74 Å². The van der Waals surface area contributed by atoms with Gasteiger partial charge in [0.25, 0.3) is 0 Å². The molecule has 0 aliphatic carbocycles. The van der Waals surface area contributed by atoms with Gasteiger partial charge in [-0.2, -0.15) is 0 Å². The number of nitrogens with one attached hydrogen (secondary N) is 1. The Bertz CT molecular complexity index is 808. The predicted octanol–water partition coefficient (Wildman–Crippen LogP) is 3.45. The van der Waals surface area contributed by atoms with Crippen LogP contribution in [0.25, 0.3) is 11.4 Å². The van der Waals surface area contributed by atoms with Crippen molar-refractivity contribution >= 4 is 27.6 Å². The van der Waals surface area contributed by atoms with Gasteiger partial charge in [0.1, 0.15) is 0 Å². The Morgan fingerprint density at radius 3 is 2.70 bits per heavy atom. The summed E-state index contributed by atoms with van der Waals surface area (Å²) >= 11 is 0. The molecule has 8 heteroatoms. The van der Waals surface area contributed by atoms with Gasteiger partial charge in [0, 0.05) is 22.9 Å². The SMILES string of the molecule is COC(=O)c1ccccc1SSc1n[nH]c(-c2ccncc2)n1. The van der Waals surface area contributed by atoms with Crippen molar-refractivity contribution in [3.63, 3.8) is 0 Å². The summed E-state index contributed by atoms with van der Waals surface area (Å²) in [5.41, 5.74) is 1.44. The number of carbonyl (C=O) groups excluding carboxylic acids is 1. The van der Waals surface area contributed by atoms with Gasteiger partial charge in [-0.15, -0.1) is 5.10 Å². The van der Waals surface area contributed by atoms with Crippen LogP contribution >= 0.6 is 21.6 Å². The topological polar surface area (TPSA) is 80.8 Å². The third kappa shape index (κ3) is 3.72. The number of esters is 1. The minimum Gasteiger partial charge on any atom is -0.465 e. The molecule has 3 aromatic rings. The number of rotatable bonds is 5. The van der Waals surface area contributed by atoms with Crippen LogP contribution in [-0.4, -0.2) is 33.2 Å². The molecular formula is C15H12N4O2S2. The molecule has 0 saturated heterocycles. The van der Waals surface area contributed by atoms with Crippen molar-refractivity contribution in [2.75, 3.05) is 7.11 Å². The Hall–Kier alpha value is -2.32. The Morgan fingerprint density at radius 1 is 1.13 bits per heavy atom. The summed E-state index contributed by atoms with van der Waals surface area (Å²) in [6, 6.07) is 11.0. The third-order valence-corrected chi connectivity index (χ3v) is 5.10. The Morgan fingerprint density at radius 2 is 1.91 bits per heavy atom. The van der Waals surface area contributed by atoms with Crippen LogP contribution in [0, 0.1) is 0 Å². The van der Waals surface area contributed by atoms with Crippen LogP contribution in [0.2, 0.25) is 0 Å². The summed E-state index contributed by atoms with van der Waals surface area (Å²) in [5.74, 6) is 0.318. The molecule has 0 unspecified atom stereocenters. The van der Waals surface area contributed by atoms with E-state index >= 15 is 0 Å². The molecule has 2 heterocycles. The molecule has 0 bridgehead atoms. The minimum atomic E-state index is -0.360. The average molecular weight is 344 g/mol. The summed E-state index contributed by atoms with van der Waals surface area (Å²) < 4.78 is 4.79. The number of aromatic amines is 1. The first kappa shape index (κ1) is 15.6. The lowest BCUT2D eigenvalue weighted by Gasteiger charge is -2.04. The average Bonchev–Trinajstić information content (AvgIpc) is 3.09. The molecule has 6 nitrogen and oxygen atoms in total. The third-order valence-electron chi connectivity index (χ3n) is 2.92. The molecule has 23 heavy (non-hydrogen) atoms. The lowest BCUT2D eigenvalue weighted by atomic mass is 10.2. The molecule has 2 aromatic heterocycles. The summed E-state index contributed by atoms with van der Waals surface area (Å²) in [6.07, 6.45) is 3.40. The van der Waals surface area contributed by atoms with E-state index in [9.17, 15) is 4.79 Å². The molecule has 0 atom stereocenters. The Kier molecular flexibility index (Phi) is 4.94. The monoisotopic (exact) mass is 344 g/mol. The highest BCUT2D eigenvalue weighted by Gasteiger charge is 2.13. The van der Waals surface area contributed by atoms with E-state index in [-0.39, 0.29) is 5.97 Å². The van der Waals surface area contributed by atoms with Crippen molar-refractivity contribution in [1.82, 2.24) is 20.2 Å². The number of methoxy groups -OCH3 is 1. The molecule has 3 rings (SSSR count). The maximum atomic E-state index is 11.7. The lowest BCUT2D eigenvalue weighted by Crippen LogP contribution is -2.02. The Labute approximate surface area is 140 Å².